The molecule has 1 heteroatoms. The van der Waals surface area contributed by atoms with E-state index < -0.39 is 0 Å². The monoisotopic (exact) mass is 204 g/mol. The molecule has 0 radical (unpaired) electrons. The van der Waals surface area contributed by atoms with Gasteiger partial charge in [0.25, 0.3) is 0 Å². The van der Waals surface area contributed by atoms with Crippen LogP contribution in [0.4, 0.5) is 0 Å². The Morgan fingerprint density at radius 1 is 0.800 bits per heavy atom. The van der Waals surface area contributed by atoms with Crippen LogP contribution in [0.5, 0.6) is 0 Å². The molecular weight excluding hydrogens is 192 g/mol. The van der Waals surface area contributed by atoms with E-state index in [4.69, 9.17) is 0 Å². The number of benzene rings is 2. The lowest BCUT2D eigenvalue weighted by Gasteiger charge is -2.02. The fourth-order valence-electron chi connectivity index (χ4n) is 1.63. The third-order valence-corrected chi connectivity index (χ3v) is 3.67. The summed E-state index contributed by atoms with van der Waals surface area (Å²) in [4.78, 5) is 0. The van der Waals surface area contributed by atoms with Gasteiger partial charge in [0.2, 0.25) is 0 Å². The Kier molecular flexibility index (Phi) is 3.59. The van der Waals surface area contributed by atoms with E-state index in [1.54, 1.807) is 0 Å². The van der Waals surface area contributed by atoms with Gasteiger partial charge in [0.05, 0.1) is 0 Å². The molecule has 0 N–H and O–H groups in total. The highest BCUT2D eigenvalue weighted by Crippen LogP contribution is 2.16. The van der Waals surface area contributed by atoms with E-state index in [-0.39, 0.29) is 20.4 Å². The summed E-state index contributed by atoms with van der Waals surface area (Å²) in [6, 6.07) is 19.3. The van der Waals surface area contributed by atoms with Gasteiger partial charge in [-0.25, -0.2) is 4.21 Å². The first-order valence-corrected chi connectivity index (χ1v) is 6.68. The van der Waals surface area contributed by atoms with E-state index in [1.165, 1.54) is 14.8 Å². The topological polar surface area (TPSA) is 0 Å². The summed E-state index contributed by atoms with van der Waals surface area (Å²) in [5.74, 6) is 0. The van der Waals surface area contributed by atoms with Crippen molar-refractivity contribution in [1.29, 1.82) is 0 Å². The third-order valence-electron chi connectivity index (χ3n) is 2.44. The molecule has 0 aliphatic rings. The Balaban J connectivity index is 2.28. The largest absolute Gasteiger partial charge is 0.438 e. The molecule has 2 rings (SSSR count). The van der Waals surface area contributed by atoms with Crippen molar-refractivity contribution in [2.24, 2.45) is 0 Å². The van der Waals surface area contributed by atoms with Crippen LogP contribution in [0.15, 0.2) is 65.4 Å². The Bertz CT molecular complexity index is 429. The Morgan fingerprint density at radius 2 is 1.40 bits per heavy atom. The standard InChI is InChI=1S/C12H9.C2H3.Mg/c1-3-7-11(8-4-1)12-9-5-2-6-10-12;1-2;/h1,3-10H;1H,2H2;. The van der Waals surface area contributed by atoms with Crippen LogP contribution >= 0.6 is 0 Å². The molecule has 0 nitrogen and oxygen atoms in total. The van der Waals surface area contributed by atoms with E-state index in [0.29, 0.717) is 0 Å². The van der Waals surface area contributed by atoms with Crippen LogP contribution in [0.25, 0.3) is 11.1 Å². The molecule has 70 valence electrons. The average molecular weight is 205 g/mol. The Morgan fingerprint density at radius 3 is 2.00 bits per heavy atom. The molecule has 0 aliphatic heterocycles. The molecule has 0 unspecified atom stereocenters. The van der Waals surface area contributed by atoms with Crippen molar-refractivity contribution in [3.8, 4) is 11.1 Å². The molecule has 15 heavy (non-hydrogen) atoms. The molecular formula is C14H12Mg. The molecule has 2 aromatic carbocycles. The van der Waals surface area contributed by atoms with E-state index in [9.17, 15) is 0 Å². The lowest BCUT2D eigenvalue weighted by atomic mass is 10.1. The van der Waals surface area contributed by atoms with Gasteiger partial charge in [0, 0.05) is 0 Å². The van der Waals surface area contributed by atoms with Crippen LogP contribution in [0.3, 0.4) is 0 Å². The molecule has 0 spiro atoms. The van der Waals surface area contributed by atoms with Crippen LogP contribution in [0.2, 0.25) is 0 Å². The highest BCUT2D eigenvalue weighted by atomic mass is 24.5. The van der Waals surface area contributed by atoms with Crippen LogP contribution in [-0.2, 0) is 0 Å². The van der Waals surface area contributed by atoms with Gasteiger partial charge >= 0.3 is 20.4 Å². The maximum Gasteiger partial charge on any atom is 0.438 e. The van der Waals surface area contributed by atoms with Crippen molar-refractivity contribution in [2.45, 2.75) is 0 Å². The maximum atomic E-state index is 3.80. The molecule has 0 saturated carbocycles. The second kappa shape index (κ2) is 5.15. The molecule has 0 bridgehead atoms. The smallest absolute Gasteiger partial charge is 0.206 e. The molecule has 0 aliphatic carbocycles. The highest BCUT2D eigenvalue weighted by Gasteiger charge is 1.97. The number of rotatable bonds is 3. The molecule has 0 heterocycles. The summed E-state index contributed by atoms with van der Waals surface area (Å²) in [5, 5.41) is 0. The van der Waals surface area contributed by atoms with Crippen molar-refractivity contribution >= 4 is 24.1 Å². The van der Waals surface area contributed by atoms with Crippen molar-refractivity contribution in [2.75, 3.05) is 0 Å². The van der Waals surface area contributed by atoms with Crippen molar-refractivity contribution in [1.82, 2.24) is 0 Å². The minimum atomic E-state index is -0.233. The fourth-order valence-corrected chi connectivity index (χ4v) is 2.47. The summed E-state index contributed by atoms with van der Waals surface area (Å²) in [6.45, 7) is 3.80. The fraction of sp³-hybridized carbons (Fsp3) is 0. The Labute approximate surface area is 100 Å². The van der Waals surface area contributed by atoms with Crippen LogP contribution in [-0.4, -0.2) is 20.4 Å². The van der Waals surface area contributed by atoms with Crippen LogP contribution in [0.1, 0.15) is 0 Å². The van der Waals surface area contributed by atoms with Gasteiger partial charge in [0.1, 0.15) is 0 Å². The van der Waals surface area contributed by atoms with Crippen molar-refractivity contribution < 1.29 is 0 Å². The first kappa shape index (κ1) is 10.5. The predicted molar refractivity (Wildman–Crippen MR) is 67.5 cm³/mol. The summed E-state index contributed by atoms with van der Waals surface area (Å²) < 4.78 is 3.52. The average Bonchev–Trinajstić information content (AvgIpc) is 2.32. The first-order valence-electron chi connectivity index (χ1n) is 5.15. The molecule has 0 saturated heterocycles. The van der Waals surface area contributed by atoms with E-state index in [0.717, 1.165) is 0 Å². The van der Waals surface area contributed by atoms with Crippen LogP contribution in [0, 0.1) is 0 Å². The molecule has 0 fully saturated rings. The zero-order chi connectivity index (χ0) is 10.5. The van der Waals surface area contributed by atoms with Gasteiger partial charge < -0.3 is 0 Å². The summed E-state index contributed by atoms with van der Waals surface area (Å²) >= 11 is -0.233. The van der Waals surface area contributed by atoms with Gasteiger partial charge in [-0.05, 0) is 11.1 Å². The quantitative estimate of drug-likeness (QED) is 0.675. The summed E-state index contributed by atoms with van der Waals surface area (Å²) in [6.07, 6.45) is 0. The lowest BCUT2D eigenvalue weighted by molar-refractivity contribution is 1.64. The van der Waals surface area contributed by atoms with Gasteiger partial charge in [-0.2, -0.15) is 3.69 Å². The summed E-state index contributed by atoms with van der Waals surface area (Å²) in [7, 11) is 0. The van der Waals surface area contributed by atoms with Crippen molar-refractivity contribution in [3.05, 3.63) is 65.4 Å². The molecule has 2 aromatic rings. The van der Waals surface area contributed by atoms with Gasteiger partial charge in [-0.15, -0.1) is 6.58 Å². The van der Waals surface area contributed by atoms with Crippen LogP contribution < -0.4 is 3.69 Å². The van der Waals surface area contributed by atoms with Crippen molar-refractivity contribution in [3.63, 3.8) is 0 Å². The normalized spacial score (nSPS) is 9.33. The molecule has 0 amide bonds. The second-order valence-corrected chi connectivity index (χ2v) is 5.36. The number of hydrogen-bond acceptors (Lipinski definition) is 0. The molecule has 0 aromatic heterocycles. The SMILES string of the molecule is C=[CH][Mg][c]1ccc(-c2ccccc2)cc1. The predicted octanol–water partition coefficient (Wildman–Crippen LogP) is 2.83. The zero-order valence-corrected chi connectivity index (χ0v) is 10.1. The van der Waals surface area contributed by atoms with Gasteiger partial charge in [-0.3, -0.25) is 0 Å². The zero-order valence-electron chi connectivity index (χ0n) is 8.69. The van der Waals surface area contributed by atoms with Gasteiger partial charge in [0.15, 0.2) is 0 Å². The maximum absolute atomic E-state index is 3.80. The third kappa shape index (κ3) is 2.71. The molecule has 0 atom stereocenters. The van der Waals surface area contributed by atoms with Gasteiger partial charge in [-0.1, -0.05) is 54.6 Å². The minimum absolute atomic E-state index is 0.233. The first-order chi connectivity index (χ1) is 7.40. The Hall–Kier alpha value is -1.05. The highest BCUT2D eigenvalue weighted by molar-refractivity contribution is 6.58. The minimum Gasteiger partial charge on any atom is -0.206 e. The van der Waals surface area contributed by atoms with E-state index in [1.807, 2.05) is 6.07 Å². The number of hydrogen-bond donors (Lipinski definition) is 0. The summed E-state index contributed by atoms with van der Waals surface area (Å²) in [5.41, 5.74) is 2.57. The second-order valence-electron chi connectivity index (χ2n) is 3.56. The lowest BCUT2D eigenvalue weighted by Crippen LogP contribution is -2.10. The van der Waals surface area contributed by atoms with E-state index in [2.05, 4.69) is 59.3 Å². The van der Waals surface area contributed by atoms with E-state index >= 15 is 0 Å².